The molecule has 11 aromatic rings. The first kappa shape index (κ1) is 32.8. The lowest BCUT2D eigenvalue weighted by Gasteiger charge is -2.28. The van der Waals surface area contributed by atoms with E-state index in [0.717, 1.165) is 82.8 Å². The molecular weight excluding hydrogens is 707 g/mol. The molecule has 0 spiro atoms. The summed E-state index contributed by atoms with van der Waals surface area (Å²) in [5.41, 5.74) is 16.7. The molecule has 3 nitrogen and oxygen atoms in total. The Morgan fingerprint density at radius 3 is 1.83 bits per heavy atom. The quantitative estimate of drug-likeness (QED) is 0.176. The molecule has 58 heavy (non-hydrogen) atoms. The highest BCUT2D eigenvalue weighted by molar-refractivity contribution is 6.22. The van der Waals surface area contributed by atoms with Crippen LogP contribution in [0.2, 0.25) is 0 Å². The number of rotatable bonds is 5. The molecule has 2 heterocycles. The molecule has 1 aliphatic rings. The summed E-state index contributed by atoms with van der Waals surface area (Å²) in [6.45, 7) is 4.69. The number of furan rings is 2. The molecule has 1 aliphatic carbocycles. The third-order valence-electron chi connectivity index (χ3n) is 12.5. The predicted octanol–water partition coefficient (Wildman–Crippen LogP) is 15.7. The molecular formula is C55H37NO2. The van der Waals surface area contributed by atoms with Crippen LogP contribution < -0.4 is 4.90 Å². The van der Waals surface area contributed by atoms with Crippen LogP contribution >= 0.6 is 0 Å². The SMILES string of the molecule is CC1(C)c2ccccc2-c2ccc(N(c3ccccc3)c3cccc4oc5c6ccccc6c(-c6ccc(-c7cccc8oc9ccccc9c78)cc6)cc5c34)cc21. The molecule has 0 N–H and O–H groups in total. The van der Waals surface area contributed by atoms with E-state index in [1.54, 1.807) is 0 Å². The average Bonchev–Trinajstić information content (AvgIpc) is 3.92. The van der Waals surface area contributed by atoms with E-state index in [1.165, 1.54) is 33.4 Å². The Balaban J connectivity index is 1.05. The normalized spacial score (nSPS) is 13.1. The number of nitrogens with zero attached hydrogens (tertiary/aromatic N) is 1. The highest BCUT2D eigenvalue weighted by atomic mass is 16.3. The van der Waals surface area contributed by atoms with Gasteiger partial charge in [0.1, 0.15) is 22.3 Å². The van der Waals surface area contributed by atoms with Crippen LogP contribution in [0.15, 0.2) is 197 Å². The molecule has 9 aromatic carbocycles. The lowest BCUT2D eigenvalue weighted by atomic mass is 9.82. The standard InChI is InChI=1S/C55H37NO2/c1-55(2)46-21-10-8-17-40(46)41-31-30-37(32-47(41)55)56(36-14-4-3-5-15-36)48-22-13-25-51-53(48)45-33-44(39-16-6-7-18-42(39)54(45)58-51)35-28-26-34(27-29-35)38-20-12-24-50-52(38)43-19-9-11-23-49(43)57-50/h3-33H,1-2H3. The van der Waals surface area contributed by atoms with E-state index in [4.69, 9.17) is 8.83 Å². The molecule has 0 atom stereocenters. The van der Waals surface area contributed by atoms with Gasteiger partial charge in [0.15, 0.2) is 0 Å². The molecule has 0 fully saturated rings. The first-order chi connectivity index (χ1) is 28.5. The van der Waals surface area contributed by atoms with Gasteiger partial charge in [-0.05, 0) is 104 Å². The van der Waals surface area contributed by atoms with Crippen molar-refractivity contribution in [3.8, 4) is 33.4 Å². The van der Waals surface area contributed by atoms with Gasteiger partial charge in [-0.25, -0.2) is 0 Å². The summed E-state index contributed by atoms with van der Waals surface area (Å²) in [5.74, 6) is 0. The second kappa shape index (κ2) is 12.3. The van der Waals surface area contributed by atoms with E-state index in [9.17, 15) is 0 Å². The van der Waals surface area contributed by atoms with Crippen LogP contribution in [0.25, 0.3) is 88.0 Å². The van der Waals surface area contributed by atoms with Gasteiger partial charge in [-0.3, -0.25) is 0 Å². The Hall–Kier alpha value is -7.36. The van der Waals surface area contributed by atoms with Gasteiger partial charge in [0.05, 0.1) is 11.1 Å². The summed E-state index contributed by atoms with van der Waals surface area (Å²) in [7, 11) is 0. The van der Waals surface area contributed by atoms with Crippen molar-refractivity contribution < 1.29 is 8.83 Å². The Bertz CT molecular complexity index is 3420. The molecule has 0 bridgehead atoms. The van der Waals surface area contributed by atoms with Crippen molar-refractivity contribution in [1.82, 2.24) is 0 Å². The van der Waals surface area contributed by atoms with Gasteiger partial charge in [-0.2, -0.15) is 0 Å². The minimum atomic E-state index is -0.124. The summed E-state index contributed by atoms with van der Waals surface area (Å²) in [4.78, 5) is 2.40. The monoisotopic (exact) mass is 743 g/mol. The smallest absolute Gasteiger partial charge is 0.143 e. The van der Waals surface area contributed by atoms with Crippen LogP contribution in [0.1, 0.15) is 25.0 Å². The minimum Gasteiger partial charge on any atom is -0.456 e. The number of hydrogen-bond donors (Lipinski definition) is 0. The number of benzene rings is 9. The maximum absolute atomic E-state index is 6.88. The maximum Gasteiger partial charge on any atom is 0.143 e. The van der Waals surface area contributed by atoms with Crippen LogP contribution in [-0.2, 0) is 5.41 Å². The molecule has 0 amide bonds. The zero-order valence-corrected chi connectivity index (χ0v) is 32.2. The van der Waals surface area contributed by atoms with E-state index >= 15 is 0 Å². The molecule has 0 saturated carbocycles. The maximum atomic E-state index is 6.88. The highest BCUT2D eigenvalue weighted by Gasteiger charge is 2.36. The summed E-state index contributed by atoms with van der Waals surface area (Å²) in [5, 5.41) is 6.72. The largest absolute Gasteiger partial charge is 0.456 e. The Morgan fingerprint density at radius 1 is 0.379 bits per heavy atom. The fourth-order valence-corrected chi connectivity index (χ4v) is 9.74. The van der Waals surface area contributed by atoms with Crippen molar-refractivity contribution in [2.45, 2.75) is 19.3 Å². The van der Waals surface area contributed by atoms with Crippen molar-refractivity contribution in [3.05, 3.63) is 199 Å². The van der Waals surface area contributed by atoms with Crippen LogP contribution in [-0.4, -0.2) is 0 Å². The van der Waals surface area contributed by atoms with E-state index in [2.05, 4.69) is 195 Å². The number of para-hydroxylation sites is 2. The summed E-state index contributed by atoms with van der Waals surface area (Å²) in [6.07, 6.45) is 0. The second-order valence-electron chi connectivity index (χ2n) is 16.0. The molecule has 0 unspecified atom stereocenters. The van der Waals surface area contributed by atoms with Crippen LogP contribution in [0.4, 0.5) is 17.1 Å². The van der Waals surface area contributed by atoms with Crippen molar-refractivity contribution in [3.63, 3.8) is 0 Å². The molecule has 0 radical (unpaired) electrons. The average molecular weight is 744 g/mol. The van der Waals surface area contributed by atoms with Crippen molar-refractivity contribution in [2.75, 3.05) is 4.90 Å². The van der Waals surface area contributed by atoms with Crippen molar-refractivity contribution in [2.24, 2.45) is 0 Å². The van der Waals surface area contributed by atoms with Crippen molar-refractivity contribution in [1.29, 1.82) is 0 Å². The van der Waals surface area contributed by atoms with Gasteiger partial charge in [0.25, 0.3) is 0 Å². The highest BCUT2D eigenvalue weighted by Crippen LogP contribution is 2.52. The van der Waals surface area contributed by atoms with E-state index in [0.29, 0.717) is 0 Å². The third kappa shape index (κ3) is 4.74. The third-order valence-corrected chi connectivity index (χ3v) is 12.5. The van der Waals surface area contributed by atoms with Gasteiger partial charge in [-0.1, -0.05) is 147 Å². The predicted molar refractivity (Wildman–Crippen MR) is 242 cm³/mol. The topological polar surface area (TPSA) is 29.5 Å². The second-order valence-corrected chi connectivity index (χ2v) is 16.0. The van der Waals surface area contributed by atoms with Gasteiger partial charge < -0.3 is 13.7 Å². The van der Waals surface area contributed by atoms with Gasteiger partial charge >= 0.3 is 0 Å². The van der Waals surface area contributed by atoms with Gasteiger partial charge in [0, 0.05) is 38.3 Å². The molecule has 3 heteroatoms. The van der Waals surface area contributed by atoms with Gasteiger partial charge in [0.2, 0.25) is 0 Å². The van der Waals surface area contributed by atoms with E-state index in [1.807, 2.05) is 12.1 Å². The van der Waals surface area contributed by atoms with E-state index < -0.39 is 0 Å². The zero-order chi connectivity index (χ0) is 38.5. The lowest BCUT2D eigenvalue weighted by Crippen LogP contribution is -2.16. The lowest BCUT2D eigenvalue weighted by molar-refractivity contribution is 0.660. The molecule has 12 rings (SSSR count). The van der Waals surface area contributed by atoms with Crippen LogP contribution in [0, 0.1) is 0 Å². The Labute approximate surface area is 336 Å². The van der Waals surface area contributed by atoms with Crippen LogP contribution in [0.3, 0.4) is 0 Å². The summed E-state index contributed by atoms with van der Waals surface area (Å²) >= 11 is 0. The first-order valence-electron chi connectivity index (χ1n) is 20.0. The Morgan fingerprint density at radius 2 is 1.00 bits per heavy atom. The number of hydrogen-bond acceptors (Lipinski definition) is 3. The van der Waals surface area contributed by atoms with E-state index in [-0.39, 0.29) is 5.41 Å². The van der Waals surface area contributed by atoms with Gasteiger partial charge in [-0.15, -0.1) is 0 Å². The van der Waals surface area contributed by atoms with Crippen LogP contribution in [0.5, 0.6) is 0 Å². The minimum absolute atomic E-state index is 0.124. The summed E-state index contributed by atoms with van der Waals surface area (Å²) in [6, 6.07) is 67.6. The first-order valence-corrected chi connectivity index (χ1v) is 20.0. The van der Waals surface area contributed by atoms with Crippen molar-refractivity contribution >= 4 is 71.7 Å². The molecule has 274 valence electrons. The molecule has 0 saturated heterocycles. The molecule has 2 aromatic heterocycles. The zero-order valence-electron chi connectivity index (χ0n) is 32.2. The number of fused-ring (bicyclic) bond motifs is 11. The fraction of sp³-hybridized carbons (Fsp3) is 0.0545. The summed E-state index contributed by atoms with van der Waals surface area (Å²) < 4.78 is 13.1. The Kier molecular flexibility index (Phi) is 6.98. The molecule has 0 aliphatic heterocycles. The number of anilines is 3. The fourth-order valence-electron chi connectivity index (χ4n) is 9.74.